The maximum absolute atomic E-state index is 14.3. The first kappa shape index (κ1) is 30.7. The molecule has 216 valence electrons. The fraction of sp³-hybridized carbons (Fsp3) is 0.484. The van der Waals surface area contributed by atoms with Crippen LogP contribution in [-0.2, 0) is 19.1 Å². The van der Waals surface area contributed by atoms with Gasteiger partial charge in [0.2, 0.25) is 11.8 Å². The lowest BCUT2D eigenvalue weighted by atomic mass is 9.86. The van der Waals surface area contributed by atoms with E-state index in [4.69, 9.17) is 10.5 Å². The maximum atomic E-state index is 14.3. The summed E-state index contributed by atoms with van der Waals surface area (Å²) < 4.78 is 5.41. The summed E-state index contributed by atoms with van der Waals surface area (Å²) in [5.74, 6) is -1.40. The van der Waals surface area contributed by atoms with Crippen LogP contribution in [0.15, 0.2) is 42.5 Å². The molecule has 1 saturated carbocycles. The average molecular weight is 551 g/mol. The van der Waals surface area contributed by atoms with E-state index in [0.717, 1.165) is 36.0 Å². The van der Waals surface area contributed by atoms with Crippen molar-refractivity contribution in [3.05, 3.63) is 64.7 Å². The van der Waals surface area contributed by atoms with Crippen molar-refractivity contribution in [2.24, 2.45) is 5.73 Å². The van der Waals surface area contributed by atoms with E-state index in [2.05, 4.69) is 10.6 Å². The van der Waals surface area contributed by atoms with Gasteiger partial charge in [-0.3, -0.25) is 14.4 Å². The van der Waals surface area contributed by atoms with Crippen molar-refractivity contribution in [2.75, 3.05) is 5.32 Å². The Labute approximate surface area is 236 Å². The Kier molecular flexibility index (Phi) is 9.95. The minimum Gasteiger partial charge on any atom is -0.444 e. The van der Waals surface area contributed by atoms with Gasteiger partial charge in [-0.1, -0.05) is 36.4 Å². The molecule has 0 aromatic heterocycles. The number of hydrogen-bond acceptors (Lipinski definition) is 5. The van der Waals surface area contributed by atoms with E-state index in [1.807, 2.05) is 63.2 Å². The first-order valence-electron chi connectivity index (χ1n) is 13.8. The van der Waals surface area contributed by atoms with Crippen LogP contribution >= 0.6 is 0 Å². The first-order valence-corrected chi connectivity index (χ1v) is 13.8. The number of amides is 4. The number of nitrogens with two attached hydrogens (primary N) is 1. The summed E-state index contributed by atoms with van der Waals surface area (Å²) in [6, 6.07) is 10.9. The van der Waals surface area contributed by atoms with Gasteiger partial charge in [0.05, 0.1) is 0 Å². The predicted octanol–water partition coefficient (Wildman–Crippen LogP) is 4.83. The second-order valence-electron chi connectivity index (χ2n) is 11.5. The van der Waals surface area contributed by atoms with Gasteiger partial charge in [0.15, 0.2) is 0 Å². The molecule has 2 aromatic rings. The molecule has 40 heavy (non-hydrogen) atoms. The normalized spacial score (nSPS) is 14.8. The van der Waals surface area contributed by atoms with Gasteiger partial charge in [0.25, 0.3) is 5.91 Å². The van der Waals surface area contributed by atoms with Gasteiger partial charge in [-0.05, 0) is 95.5 Å². The Bertz CT molecular complexity index is 1250. The van der Waals surface area contributed by atoms with Crippen LogP contribution in [-0.4, -0.2) is 46.4 Å². The van der Waals surface area contributed by atoms with E-state index in [9.17, 15) is 19.2 Å². The third-order valence-corrected chi connectivity index (χ3v) is 7.26. The third kappa shape index (κ3) is 7.83. The minimum atomic E-state index is -1.11. The summed E-state index contributed by atoms with van der Waals surface area (Å²) >= 11 is 0. The highest BCUT2D eigenvalue weighted by atomic mass is 16.6. The van der Waals surface area contributed by atoms with Gasteiger partial charge in [0, 0.05) is 18.2 Å². The fourth-order valence-electron chi connectivity index (χ4n) is 4.76. The summed E-state index contributed by atoms with van der Waals surface area (Å²) in [6.07, 6.45) is 1.44. The molecule has 1 aliphatic rings. The number of nitrogens with zero attached hydrogens (tertiary/aromatic N) is 1. The molecule has 0 heterocycles. The highest BCUT2D eigenvalue weighted by Crippen LogP contribution is 2.36. The highest BCUT2D eigenvalue weighted by molar-refractivity contribution is 6.00. The summed E-state index contributed by atoms with van der Waals surface area (Å²) in [7, 11) is 0. The number of carbonyl (C=O) groups excluding carboxylic acids is 4. The molecule has 0 bridgehead atoms. The van der Waals surface area contributed by atoms with Crippen LogP contribution in [0.2, 0.25) is 0 Å². The number of nitrogens with one attached hydrogen (secondary N) is 2. The standard InChI is InChI=1S/C31H42N4O5/c1-19-12-9-15-23(21(19)3)27(28(37)33-24-16-8-7-11-20(24)2)35(22-13-10-14-22)29(38)25(17-18-26(32)36)34-30(39)40-31(4,5)6/h7-9,11-12,15-16,22,25,27H,10,13-14,17-18H2,1-6H3,(H2,32,36)(H,33,37)(H,34,39). The molecular formula is C31H42N4O5. The van der Waals surface area contributed by atoms with Crippen molar-refractivity contribution in [2.45, 2.75) is 97.4 Å². The van der Waals surface area contributed by atoms with Gasteiger partial charge in [-0.25, -0.2) is 4.79 Å². The Hall–Kier alpha value is -3.88. The molecule has 4 N–H and O–H groups in total. The lowest BCUT2D eigenvalue weighted by Gasteiger charge is -2.44. The fourth-order valence-corrected chi connectivity index (χ4v) is 4.76. The van der Waals surface area contributed by atoms with Crippen LogP contribution in [0.3, 0.4) is 0 Å². The number of anilines is 1. The zero-order chi connectivity index (χ0) is 29.6. The molecular weight excluding hydrogens is 508 g/mol. The van der Waals surface area contributed by atoms with E-state index >= 15 is 0 Å². The van der Waals surface area contributed by atoms with Gasteiger partial charge in [0.1, 0.15) is 17.7 Å². The number of alkyl carbamates (subject to hydrolysis) is 1. The molecule has 0 spiro atoms. The third-order valence-electron chi connectivity index (χ3n) is 7.26. The van der Waals surface area contributed by atoms with Crippen molar-refractivity contribution in [3.8, 4) is 0 Å². The zero-order valence-corrected chi connectivity index (χ0v) is 24.4. The monoisotopic (exact) mass is 550 g/mol. The zero-order valence-electron chi connectivity index (χ0n) is 24.4. The molecule has 9 nitrogen and oxygen atoms in total. The Morgan fingerprint density at radius 2 is 1.65 bits per heavy atom. The molecule has 0 radical (unpaired) electrons. The number of carbonyl (C=O) groups is 4. The second-order valence-corrected chi connectivity index (χ2v) is 11.5. The average Bonchev–Trinajstić information content (AvgIpc) is 2.82. The quantitative estimate of drug-likeness (QED) is 0.390. The topological polar surface area (TPSA) is 131 Å². The van der Waals surface area contributed by atoms with E-state index in [-0.39, 0.29) is 24.8 Å². The first-order chi connectivity index (χ1) is 18.8. The maximum Gasteiger partial charge on any atom is 0.408 e. The van der Waals surface area contributed by atoms with Crippen molar-refractivity contribution >= 4 is 29.5 Å². The van der Waals surface area contributed by atoms with Crippen LogP contribution in [0.5, 0.6) is 0 Å². The molecule has 1 fully saturated rings. The van der Waals surface area contributed by atoms with Gasteiger partial charge in [-0.2, -0.15) is 0 Å². The number of para-hydroxylation sites is 1. The molecule has 2 aromatic carbocycles. The van der Waals surface area contributed by atoms with Gasteiger partial charge >= 0.3 is 6.09 Å². The summed E-state index contributed by atoms with van der Waals surface area (Å²) in [4.78, 5) is 54.5. The molecule has 1 aliphatic carbocycles. The van der Waals surface area contributed by atoms with Crippen LogP contribution < -0.4 is 16.4 Å². The van der Waals surface area contributed by atoms with Crippen LogP contribution in [0.1, 0.15) is 81.2 Å². The Morgan fingerprint density at radius 3 is 2.23 bits per heavy atom. The Morgan fingerprint density at radius 1 is 1.00 bits per heavy atom. The van der Waals surface area contributed by atoms with Crippen molar-refractivity contribution < 1.29 is 23.9 Å². The molecule has 0 aliphatic heterocycles. The van der Waals surface area contributed by atoms with E-state index in [1.54, 1.807) is 25.7 Å². The van der Waals surface area contributed by atoms with Crippen molar-refractivity contribution in [1.82, 2.24) is 10.2 Å². The second kappa shape index (κ2) is 13.0. The number of hydrogen-bond donors (Lipinski definition) is 3. The van der Waals surface area contributed by atoms with Crippen LogP contribution in [0.4, 0.5) is 10.5 Å². The smallest absolute Gasteiger partial charge is 0.408 e. The summed E-state index contributed by atoms with van der Waals surface area (Å²) in [6.45, 7) is 11.0. The van der Waals surface area contributed by atoms with Crippen LogP contribution in [0, 0.1) is 20.8 Å². The highest BCUT2D eigenvalue weighted by Gasteiger charge is 2.42. The molecule has 2 atom stereocenters. The van der Waals surface area contributed by atoms with Gasteiger partial charge in [-0.15, -0.1) is 0 Å². The SMILES string of the molecule is Cc1ccccc1NC(=O)C(c1cccc(C)c1C)N(C(=O)C(CCC(N)=O)NC(=O)OC(C)(C)C)C1CCC1. The number of benzene rings is 2. The summed E-state index contributed by atoms with van der Waals surface area (Å²) in [5, 5.41) is 5.69. The lowest BCUT2D eigenvalue weighted by molar-refractivity contribution is -0.146. The van der Waals surface area contributed by atoms with E-state index in [0.29, 0.717) is 11.3 Å². The molecule has 2 unspecified atom stereocenters. The Balaban J connectivity index is 2.07. The molecule has 9 heteroatoms. The molecule has 3 rings (SSSR count). The number of ether oxygens (including phenoxy) is 1. The molecule has 4 amide bonds. The summed E-state index contributed by atoms with van der Waals surface area (Å²) in [5.41, 5.74) is 8.76. The largest absolute Gasteiger partial charge is 0.444 e. The number of aryl methyl sites for hydroxylation is 2. The number of primary amides is 1. The van der Waals surface area contributed by atoms with Gasteiger partial charge < -0.3 is 26.0 Å². The predicted molar refractivity (Wildman–Crippen MR) is 155 cm³/mol. The lowest BCUT2D eigenvalue weighted by Crippen LogP contribution is -2.57. The minimum absolute atomic E-state index is 0.0183. The van der Waals surface area contributed by atoms with Crippen molar-refractivity contribution in [3.63, 3.8) is 0 Å². The van der Waals surface area contributed by atoms with Crippen molar-refractivity contribution in [1.29, 1.82) is 0 Å². The van der Waals surface area contributed by atoms with E-state index in [1.165, 1.54) is 0 Å². The molecule has 0 saturated heterocycles. The van der Waals surface area contributed by atoms with Crippen LogP contribution in [0.25, 0.3) is 0 Å². The number of rotatable bonds is 10. The van der Waals surface area contributed by atoms with E-state index < -0.39 is 35.6 Å².